The highest BCUT2D eigenvalue weighted by atomic mass is 16.6. The standard InChI is InChI=1S/C16H16N2O5/c1-3-23-13-6-4-12(5-7-13)17-10-11-8-14(18(20)21)16(19)15(9-11)22-2/h4-10,19H,3H2,1-2H3. The van der Waals surface area contributed by atoms with Gasteiger partial charge in [0.05, 0.1) is 24.3 Å². The molecule has 0 aliphatic carbocycles. The van der Waals surface area contributed by atoms with E-state index in [1.165, 1.54) is 25.5 Å². The Hall–Kier alpha value is -3.09. The normalized spacial score (nSPS) is 10.7. The zero-order chi connectivity index (χ0) is 16.8. The van der Waals surface area contributed by atoms with Crippen molar-refractivity contribution < 1.29 is 19.5 Å². The maximum absolute atomic E-state index is 10.9. The van der Waals surface area contributed by atoms with Crippen molar-refractivity contribution in [2.24, 2.45) is 4.99 Å². The fourth-order valence-electron chi connectivity index (χ4n) is 1.93. The van der Waals surface area contributed by atoms with Crippen LogP contribution in [0, 0.1) is 10.1 Å². The van der Waals surface area contributed by atoms with Crippen LogP contribution in [0.1, 0.15) is 12.5 Å². The summed E-state index contributed by atoms with van der Waals surface area (Å²) in [5, 5.41) is 20.7. The van der Waals surface area contributed by atoms with E-state index < -0.39 is 16.4 Å². The summed E-state index contributed by atoms with van der Waals surface area (Å²) < 4.78 is 10.3. The topological polar surface area (TPSA) is 94.2 Å². The number of phenols is 1. The Labute approximate surface area is 133 Å². The lowest BCUT2D eigenvalue weighted by atomic mass is 10.2. The quantitative estimate of drug-likeness (QED) is 0.500. The lowest BCUT2D eigenvalue weighted by Crippen LogP contribution is -1.94. The number of methoxy groups -OCH3 is 1. The fraction of sp³-hybridized carbons (Fsp3) is 0.188. The smallest absolute Gasteiger partial charge is 0.315 e. The summed E-state index contributed by atoms with van der Waals surface area (Å²) in [5.74, 6) is 0.261. The van der Waals surface area contributed by atoms with Gasteiger partial charge in [-0.2, -0.15) is 0 Å². The van der Waals surface area contributed by atoms with Crippen LogP contribution in [-0.4, -0.2) is 30.0 Å². The summed E-state index contributed by atoms with van der Waals surface area (Å²) >= 11 is 0. The second-order valence-corrected chi connectivity index (χ2v) is 4.53. The monoisotopic (exact) mass is 316 g/mol. The molecule has 2 rings (SSSR count). The molecule has 0 amide bonds. The molecule has 0 bridgehead atoms. The van der Waals surface area contributed by atoms with Crippen LogP contribution in [0.2, 0.25) is 0 Å². The Morgan fingerprint density at radius 2 is 2.00 bits per heavy atom. The van der Waals surface area contributed by atoms with Crippen molar-refractivity contribution in [3.63, 3.8) is 0 Å². The van der Waals surface area contributed by atoms with E-state index in [-0.39, 0.29) is 5.75 Å². The molecule has 0 aliphatic heterocycles. The highest BCUT2D eigenvalue weighted by Crippen LogP contribution is 2.36. The van der Waals surface area contributed by atoms with Crippen molar-refractivity contribution in [2.45, 2.75) is 6.92 Å². The van der Waals surface area contributed by atoms with Gasteiger partial charge in [-0.05, 0) is 37.3 Å². The van der Waals surface area contributed by atoms with Crippen LogP contribution >= 0.6 is 0 Å². The van der Waals surface area contributed by atoms with Crippen molar-refractivity contribution >= 4 is 17.6 Å². The van der Waals surface area contributed by atoms with Gasteiger partial charge in [-0.15, -0.1) is 0 Å². The zero-order valence-corrected chi connectivity index (χ0v) is 12.7. The number of nitrogens with zero attached hydrogens (tertiary/aromatic N) is 2. The number of rotatable bonds is 6. The molecule has 0 aromatic heterocycles. The molecule has 0 fully saturated rings. The lowest BCUT2D eigenvalue weighted by molar-refractivity contribution is -0.386. The number of phenolic OH excluding ortho intramolecular Hbond substituents is 1. The van der Waals surface area contributed by atoms with Crippen LogP contribution < -0.4 is 9.47 Å². The minimum atomic E-state index is -0.675. The van der Waals surface area contributed by atoms with Gasteiger partial charge in [0.1, 0.15) is 5.75 Å². The number of hydrogen-bond acceptors (Lipinski definition) is 6. The summed E-state index contributed by atoms with van der Waals surface area (Å²) in [7, 11) is 1.33. The molecule has 120 valence electrons. The first-order valence-corrected chi connectivity index (χ1v) is 6.87. The Morgan fingerprint density at radius 1 is 1.30 bits per heavy atom. The highest BCUT2D eigenvalue weighted by Gasteiger charge is 2.19. The molecule has 7 nitrogen and oxygen atoms in total. The Balaban J connectivity index is 2.28. The van der Waals surface area contributed by atoms with Gasteiger partial charge in [-0.3, -0.25) is 15.1 Å². The average Bonchev–Trinajstić information content (AvgIpc) is 2.55. The molecular formula is C16H16N2O5. The Kier molecular flexibility index (Phi) is 5.14. The van der Waals surface area contributed by atoms with E-state index in [1.54, 1.807) is 24.3 Å². The molecule has 0 saturated carbocycles. The molecule has 23 heavy (non-hydrogen) atoms. The predicted molar refractivity (Wildman–Crippen MR) is 86.2 cm³/mol. The number of ether oxygens (including phenoxy) is 2. The fourth-order valence-corrected chi connectivity index (χ4v) is 1.93. The SMILES string of the molecule is CCOc1ccc(N=Cc2cc(OC)c(O)c([N+](=O)[O-])c2)cc1. The van der Waals surface area contributed by atoms with Gasteiger partial charge in [-0.1, -0.05) is 0 Å². The van der Waals surface area contributed by atoms with Crippen LogP contribution in [0.4, 0.5) is 11.4 Å². The molecule has 0 unspecified atom stereocenters. The Bertz CT molecular complexity index is 726. The maximum Gasteiger partial charge on any atom is 0.315 e. The molecule has 0 radical (unpaired) electrons. The third-order valence-electron chi connectivity index (χ3n) is 3.00. The van der Waals surface area contributed by atoms with E-state index in [1.807, 2.05) is 6.92 Å². The number of aromatic hydroxyl groups is 1. The summed E-state index contributed by atoms with van der Waals surface area (Å²) in [4.78, 5) is 14.5. The third-order valence-corrected chi connectivity index (χ3v) is 3.00. The second-order valence-electron chi connectivity index (χ2n) is 4.53. The van der Waals surface area contributed by atoms with Gasteiger partial charge in [0, 0.05) is 17.8 Å². The van der Waals surface area contributed by atoms with Crippen molar-refractivity contribution in [2.75, 3.05) is 13.7 Å². The second kappa shape index (κ2) is 7.26. The van der Waals surface area contributed by atoms with Crippen molar-refractivity contribution in [3.05, 3.63) is 52.1 Å². The van der Waals surface area contributed by atoms with Crippen LogP contribution in [0.5, 0.6) is 17.2 Å². The van der Waals surface area contributed by atoms with Gasteiger partial charge in [0.25, 0.3) is 0 Å². The van der Waals surface area contributed by atoms with E-state index >= 15 is 0 Å². The molecule has 2 aromatic rings. The minimum Gasteiger partial charge on any atom is -0.500 e. The predicted octanol–water partition coefficient (Wildman–Crippen LogP) is 3.46. The molecule has 2 aromatic carbocycles. The number of nitro benzene ring substituents is 1. The van der Waals surface area contributed by atoms with Crippen molar-refractivity contribution in [1.29, 1.82) is 0 Å². The van der Waals surface area contributed by atoms with Crippen molar-refractivity contribution in [3.8, 4) is 17.2 Å². The highest BCUT2D eigenvalue weighted by molar-refractivity contribution is 5.85. The van der Waals surface area contributed by atoms with Crippen LogP contribution in [0.15, 0.2) is 41.4 Å². The Morgan fingerprint density at radius 3 is 2.57 bits per heavy atom. The molecule has 1 N–H and O–H groups in total. The van der Waals surface area contributed by atoms with Crippen molar-refractivity contribution in [1.82, 2.24) is 0 Å². The van der Waals surface area contributed by atoms with E-state index in [0.717, 1.165) is 5.75 Å². The average molecular weight is 316 g/mol. The first kappa shape index (κ1) is 16.3. The van der Waals surface area contributed by atoms with E-state index in [2.05, 4.69) is 4.99 Å². The zero-order valence-electron chi connectivity index (χ0n) is 12.7. The van der Waals surface area contributed by atoms with E-state index in [0.29, 0.717) is 17.9 Å². The maximum atomic E-state index is 10.9. The van der Waals surface area contributed by atoms with Gasteiger partial charge in [0.15, 0.2) is 5.75 Å². The first-order chi connectivity index (χ1) is 11.0. The molecular weight excluding hydrogens is 300 g/mol. The molecule has 7 heteroatoms. The molecule has 0 saturated heterocycles. The largest absolute Gasteiger partial charge is 0.500 e. The first-order valence-electron chi connectivity index (χ1n) is 6.87. The van der Waals surface area contributed by atoms with Gasteiger partial charge in [0.2, 0.25) is 5.75 Å². The molecule has 0 atom stereocenters. The van der Waals surface area contributed by atoms with Crippen LogP contribution in [-0.2, 0) is 0 Å². The summed E-state index contributed by atoms with van der Waals surface area (Å²) in [6.07, 6.45) is 1.46. The van der Waals surface area contributed by atoms with E-state index in [9.17, 15) is 15.2 Å². The molecule has 0 heterocycles. The summed E-state index contributed by atoms with van der Waals surface area (Å²) in [6.45, 7) is 2.48. The number of nitro groups is 1. The summed E-state index contributed by atoms with van der Waals surface area (Å²) in [5.41, 5.74) is 0.681. The third kappa shape index (κ3) is 3.97. The van der Waals surface area contributed by atoms with Gasteiger partial charge >= 0.3 is 5.69 Å². The minimum absolute atomic E-state index is 0.0207. The number of hydrogen-bond donors (Lipinski definition) is 1. The van der Waals surface area contributed by atoms with Crippen LogP contribution in [0.3, 0.4) is 0 Å². The lowest BCUT2D eigenvalue weighted by Gasteiger charge is -2.05. The molecule has 0 aliphatic rings. The van der Waals surface area contributed by atoms with Crippen LogP contribution in [0.25, 0.3) is 0 Å². The summed E-state index contributed by atoms with van der Waals surface area (Å²) in [6, 6.07) is 9.82. The van der Waals surface area contributed by atoms with Gasteiger partial charge in [-0.25, -0.2) is 0 Å². The number of aliphatic imine (C=N–C) groups is 1. The molecule has 0 spiro atoms. The van der Waals surface area contributed by atoms with Gasteiger partial charge < -0.3 is 14.6 Å². The van der Waals surface area contributed by atoms with E-state index in [4.69, 9.17) is 9.47 Å². The number of benzene rings is 2.